The molecule has 0 saturated carbocycles. The Morgan fingerprint density at radius 1 is 1.29 bits per heavy atom. The summed E-state index contributed by atoms with van der Waals surface area (Å²) in [4.78, 5) is 21.1. The fraction of sp³-hybridized carbons (Fsp3) is 0.750. The fourth-order valence-electron chi connectivity index (χ4n) is 0.951. The van der Waals surface area contributed by atoms with E-state index in [9.17, 15) is 4.79 Å². The van der Waals surface area contributed by atoms with Crippen LogP contribution in [-0.2, 0) is 14.3 Å². The second-order valence-corrected chi connectivity index (χ2v) is 2.80. The zero-order valence-corrected chi connectivity index (χ0v) is 8.10. The van der Waals surface area contributed by atoms with E-state index in [1.807, 2.05) is 4.90 Å². The zero-order valence-electron chi connectivity index (χ0n) is 8.10. The maximum Gasteiger partial charge on any atom is 0.317 e. The number of carboxylic acid groups (broad SMARTS) is 2. The monoisotopic (exact) mass is 205 g/mol. The van der Waals surface area contributed by atoms with Crippen molar-refractivity contribution in [2.45, 2.75) is 6.92 Å². The molecule has 1 fully saturated rings. The standard InChI is InChI=1S/C6H11NO3.C2H4O2/c8-6(9)5-7-1-3-10-4-2-7;1-2(3)4/h1-5H2,(H,8,9);1H3,(H,3,4). The number of hydrogen-bond donors (Lipinski definition) is 2. The number of ether oxygens (including phenoxy) is 1. The number of carbonyl (C=O) groups is 2. The van der Waals surface area contributed by atoms with Crippen molar-refractivity contribution in [3.63, 3.8) is 0 Å². The molecule has 0 unspecified atom stereocenters. The first-order valence-corrected chi connectivity index (χ1v) is 4.24. The highest BCUT2D eigenvalue weighted by Gasteiger charge is 2.12. The minimum atomic E-state index is -0.833. The largest absolute Gasteiger partial charge is 0.481 e. The summed E-state index contributed by atoms with van der Waals surface area (Å²) >= 11 is 0. The highest BCUT2D eigenvalue weighted by molar-refractivity contribution is 5.69. The normalized spacial score (nSPS) is 16.6. The van der Waals surface area contributed by atoms with Crippen molar-refractivity contribution in [2.75, 3.05) is 32.8 Å². The van der Waals surface area contributed by atoms with Crippen LogP contribution in [0.4, 0.5) is 0 Å². The summed E-state index contributed by atoms with van der Waals surface area (Å²) in [6.07, 6.45) is 0. The van der Waals surface area contributed by atoms with E-state index in [0.29, 0.717) is 13.2 Å². The maximum absolute atomic E-state index is 10.2. The molecule has 82 valence electrons. The first-order valence-electron chi connectivity index (χ1n) is 4.24. The second kappa shape index (κ2) is 7.28. The smallest absolute Gasteiger partial charge is 0.317 e. The van der Waals surface area contributed by atoms with Gasteiger partial charge in [-0.05, 0) is 0 Å². The molecule has 0 aliphatic carbocycles. The minimum Gasteiger partial charge on any atom is -0.481 e. The Labute approximate surface area is 82.1 Å². The van der Waals surface area contributed by atoms with E-state index in [1.165, 1.54) is 0 Å². The minimum absolute atomic E-state index is 0.142. The van der Waals surface area contributed by atoms with Crippen LogP contribution in [-0.4, -0.2) is 59.9 Å². The van der Waals surface area contributed by atoms with E-state index in [1.54, 1.807) is 0 Å². The number of rotatable bonds is 2. The Kier molecular flexibility index (Phi) is 6.69. The SMILES string of the molecule is CC(=O)O.O=C(O)CN1CCOCC1. The van der Waals surface area contributed by atoms with Crippen molar-refractivity contribution in [1.29, 1.82) is 0 Å². The highest BCUT2D eigenvalue weighted by Crippen LogP contribution is 1.94. The average Bonchev–Trinajstić information content (AvgIpc) is 2.03. The van der Waals surface area contributed by atoms with Gasteiger partial charge in [-0.25, -0.2) is 0 Å². The molecule has 0 spiro atoms. The summed E-state index contributed by atoms with van der Waals surface area (Å²) in [6, 6.07) is 0. The highest BCUT2D eigenvalue weighted by atomic mass is 16.5. The molecule has 1 heterocycles. The zero-order chi connectivity index (χ0) is 11.0. The number of hydrogen-bond acceptors (Lipinski definition) is 4. The Morgan fingerprint density at radius 3 is 2.07 bits per heavy atom. The van der Waals surface area contributed by atoms with Gasteiger partial charge in [-0.2, -0.15) is 0 Å². The lowest BCUT2D eigenvalue weighted by Gasteiger charge is -2.24. The van der Waals surface area contributed by atoms with Gasteiger partial charge in [0.2, 0.25) is 0 Å². The van der Waals surface area contributed by atoms with Gasteiger partial charge in [0.05, 0.1) is 19.8 Å². The molecule has 1 aliphatic rings. The van der Waals surface area contributed by atoms with Crippen LogP contribution in [0.2, 0.25) is 0 Å². The molecule has 0 radical (unpaired) electrons. The van der Waals surface area contributed by atoms with Crippen molar-refractivity contribution in [2.24, 2.45) is 0 Å². The van der Waals surface area contributed by atoms with Crippen molar-refractivity contribution >= 4 is 11.9 Å². The second-order valence-electron chi connectivity index (χ2n) is 2.80. The molecule has 0 atom stereocenters. The first kappa shape index (κ1) is 12.9. The third kappa shape index (κ3) is 8.95. The predicted octanol–water partition coefficient (Wildman–Crippen LogP) is -0.506. The number of carboxylic acids is 2. The molecular formula is C8H15NO5. The molecule has 0 bridgehead atoms. The van der Waals surface area contributed by atoms with Crippen LogP contribution in [0.15, 0.2) is 0 Å². The third-order valence-electron chi connectivity index (χ3n) is 1.46. The lowest BCUT2D eigenvalue weighted by atomic mass is 10.4. The van der Waals surface area contributed by atoms with E-state index in [4.69, 9.17) is 19.7 Å². The van der Waals surface area contributed by atoms with Crippen LogP contribution in [0.25, 0.3) is 0 Å². The molecule has 2 N–H and O–H groups in total. The number of morpholine rings is 1. The molecule has 14 heavy (non-hydrogen) atoms. The van der Waals surface area contributed by atoms with Gasteiger partial charge < -0.3 is 14.9 Å². The molecule has 6 nitrogen and oxygen atoms in total. The summed E-state index contributed by atoms with van der Waals surface area (Å²) in [7, 11) is 0. The fourth-order valence-corrected chi connectivity index (χ4v) is 0.951. The van der Waals surface area contributed by atoms with Crippen LogP contribution in [0.1, 0.15) is 6.92 Å². The van der Waals surface area contributed by atoms with E-state index in [2.05, 4.69) is 0 Å². The molecule has 0 amide bonds. The average molecular weight is 205 g/mol. The van der Waals surface area contributed by atoms with Crippen molar-refractivity contribution < 1.29 is 24.5 Å². The van der Waals surface area contributed by atoms with Gasteiger partial charge in [0.25, 0.3) is 5.97 Å². The van der Waals surface area contributed by atoms with Gasteiger partial charge in [0.1, 0.15) is 0 Å². The Balaban J connectivity index is 0.000000364. The van der Waals surface area contributed by atoms with E-state index >= 15 is 0 Å². The molecule has 0 aromatic heterocycles. The Hall–Kier alpha value is -1.14. The molecule has 0 aromatic carbocycles. The molecule has 1 aliphatic heterocycles. The summed E-state index contributed by atoms with van der Waals surface area (Å²) in [5.41, 5.74) is 0. The molecule has 6 heteroatoms. The van der Waals surface area contributed by atoms with Gasteiger partial charge in [-0.3, -0.25) is 14.5 Å². The topological polar surface area (TPSA) is 87.1 Å². The van der Waals surface area contributed by atoms with Crippen LogP contribution in [0.3, 0.4) is 0 Å². The summed E-state index contributed by atoms with van der Waals surface area (Å²) in [5, 5.41) is 15.8. The molecule has 0 aromatic rings. The van der Waals surface area contributed by atoms with Gasteiger partial charge >= 0.3 is 5.97 Å². The number of nitrogens with zero attached hydrogens (tertiary/aromatic N) is 1. The lowest BCUT2D eigenvalue weighted by Crippen LogP contribution is -2.39. The quantitative estimate of drug-likeness (QED) is 0.631. The van der Waals surface area contributed by atoms with Gasteiger partial charge in [-0.15, -0.1) is 0 Å². The summed E-state index contributed by atoms with van der Waals surface area (Å²) < 4.78 is 5.05. The van der Waals surface area contributed by atoms with E-state index < -0.39 is 11.9 Å². The Morgan fingerprint density at radius 2 is 1.71 bits per heavy atom. The molecule has 1 rings (SSSR count). The van der Waals surface area contributed by atoms with Crippen LogP contribution < -0.4 is 0 Å². The lowest BCUT2D eigenvalue weighted by molar-refractivity contribution is -0.139. The molecule has 1 saturated heterocycles. The van der Waals surface area contributed by atoms with Crippen molar-refractivity contribution in [3.8, 4) is 0 Å². The van der Waals surface area contributed by atoms with Crippen LogP contribution in [0.5, 0.6) is 0 Å². The van der Waals surface area contributed by atoms with E-state index in [0.717, 1.165) is 20.0 Å². The van der Waals surface area contributed by atoms with Crippen molar-refractivity contribution in [3.05, 3.63) is 0 Å². The Bertz CT molecular complexity index is 184. The van der Waals surface area contributed by atoms with Gasteiger partial charge in [-0.1, -0.05) is 0 Å². The van der Waals surface area contributed by atoms with Gasteiger partial charge in [0.15, 0.2) is 0 Å². The van der Waals surface area contributed by atoms with E-state index in [-0.39, 0.29) is 6.54 Å². The maximum atomic E-state index is 10.2. The third-order valence-corrected chi connectivity index (χ3v) is 1.46. The van der Waals surface area contributed by atoms with Crippen LogP contribution >= 0.6 is 0 Å². The van der Waals surface area contributed by atoms with Crippen LogP contribution in [0, 0.1) is 0 Å². The van der Waals surface area contributed by atoms with Crippen molar-refractivity contribution in [1.82, 2.24) is 4.90 Å². The van der Waals surface area contributed by atoms with Gasteiger partial charge in [0, 0.05) is 20.0 Å². The summed E-state index contributed by atoms with van der Waals surface area (Å²) in [6.45, 7) is 4.03. The summed E-state index contributed by atoms with van der Waals surface area (Å²) in [5.74, 6) is -1.60. The predicted molar refractivity (Wildman–Crippen MR) is 48.2 cm³/mol. The molecular weight excluding hydrogens is 190 g/mol. The number of aliphatic carboxylic acids is 2. The first-order chi connectivity index (χ1) is 6.52.